The maximum Gasteiger partial charge on any atom is 0.229 e. The average Bonchev–Trinajstić information content (AvgIpc) is 3.18. The second kappa shape index (κ2) is 15.9. The molecule has 2 rings (SSSR count). The fourth-order valence-corrected chi connectivity index (χ4v) is 4.54. The van der Waals surface area contributed by atoms with Crippen molar-refractivity contribution in [1.82, 2.24) is 14.9 Å². The fourth-order valence-electron chi connectivity index (χ4n) is 3.67. The number of carbonyl (C=O) groups is 1. The van der Waals surface area contributed by atoms with Gasteiger partial charge in [-0.1, -0.05) is 65.5 Å². The van der Waals surface area contributed by atoms with Crippen molar-refractivity contribution in [3.05, 3.63) is 78.8 Å². The van der Waals surface area contributed by atoms with E-state index in [1.165, 1.54) is 4.90 Å². The Morgan fingerprint density at radius 3 is 2.50 bits per heavy atom. The molecule has 2 N–H and O–H groups in total. The van der Waals surface area contributed by atoms with E-state index in [2.05, 4.69) is 86.0 Å². The lowest BCUT2D eigenvalue weighted by Gasteiger charge is -2.15. The lowest BCUT2D eigenvalue weighted by atomic mass is 10.1. The van der Waals surface area contributed by atoms with Crippen molar-refractivity contribution >= 4 is 35.4 Å². The van der Waals surface area contributed by atoms with Crippen LogP contribution in [0.2, 0.25) is 0 Å². The number of hydrazone groups is 1. The van der Waals surface area contributed by atoms with Gasteiger partial charge < -0.3 is 14.8 Å². The molecule has 6 nitrogen and oxygen atoms in total. The van der Waals surface area contributed by atoms with Crippen LogP contribution in [0.5, 0.6) is 0 Å². The fraction of sp³-hybridized carbons (Fsp3) is 0.419. The first kappa shape index (κ1) is 31.0. The third kappa shape index (κ3) is 9.93. The quantitative estimate of drug-likeness (QED) is 0.135. The van der Waals surface area contributed by atoms with Gasteiger partial charge in [-0.25, -0.2) is 0 Å². The van der Waals surface area contributed by atoms with Gasteiger partial charge >= 0.3 is 0 Å². The molecule has 0 bridgehead atoms. The van der Waals surface area contributed by atoms with Crippen LogP contribution in [-0.4, -0.2) is 33.9 Å². The van der Waals surface area contributed by atoms with Crippen LogP contribution >= 0.6 is 11.8 Å². The van der Waals surface area contributed by atoms with Crippen LogP contribution < -0.4 is 10.7 Å². The summed E-state index contributed by atoms with van der Waals surface area (Å²) >= 11 is 1.80. The van der Waals surface area contributed by atoms with E-state index in [0.29, 0.717) is 29.8 Å². The van der Waals surface area contributed by atoms with Crippen molar-refractivity contribution in [2.45, 2.75) is 58.8 Å². The summed E-state index contributed by atoms with van der Waals surface area (Å²) in [5.74, 6) is 2.54. The van der Waals surface area contributed by atoms with Crippen LogP contribution in [0.25, 0.3) is 5.70 Å². The molecule has 206 valence electrons. The Hall–Kier alpha value is -3.19. The largest absolute Gasteiger partial charge is 0.354 e. The highest BCUT2D eigenvalue weighted by molar-refractivity contribution is 7.99. The molecule has 2 atom stereocenters. The molecule has 0 aliphatic rings. The topological polar surface area (TPSA) is 61.7 Å². The predicted molar refractivity (Wildman–Crippen MR) is 165 cm³/mol. The smallest absolute Gasteiger partial charge is 0.229 e. The second-order valence-electron chi connectivity index (χ2n) is 9.77. The minimum Gasteiger partial charge on any atom is -0.354 e. The number of aromatic nitrogens is 1. The van der Waals surface area contributed by atoms with Crippen LogP contribution in [0.1, 0.15) is 57.2 Å². The molecule has 0 saturated heterocycles. The van der Waals surface area contributed by atoms with E-state index < -0.39 is 0 Å². The lowest BCUT2D eigenvalue weighted by molar-refractivity contribution is -0.115. The molecular weight excluding hydrogens is 490 g/mol. The zero-order chi connectivity index (χ0) is 28.1. The standard InChI is InChI=1S/C31H45N5OS/c1-9-23(4)16-17-36(11-3)18-19-38-28-14-12-27(13-15-28)20-29(37)33-31-30(25(6)22-35(31)8)26(7)34-32-21-24(5)10-2/h11-17,21-24,34H,3,7,9-10,18-20H2,1-2,4-6,8H3,(H,33,37)/b17-16-,32-21-. The van der Waals surface area contributed by atoms with E-state index in [-0.39, 0.29) is 5.91 Å². The Kier molecular flexibility index (Phi) is 13.0. The molecule has 0 aliphatic heterocycles. The molecule has 2 aromatic rings. The molecule has 7 heteroatoms. The van der Waals surface area contributed by atoms with E-state index in [1.54, 1.807) is 11.8 Å². The maximum atomic E-state index is 12.9. The summed E-state index contributed by atoms with van der Waals surface area (Å²) < 4.78 is 1.91. The van der Waals surface area contributed by atoms with Crippen molar-refractivity contribution in [3.8, 4) is 0 Å². The minimum absolute atomic E-state index is 0.0709. The van der Waals surface area contributed by atoms with Gasteiger partial charge in [0.05, 0.1) is 12.1 Å². The number of allylic oxidation sites excluding steroid dienone is 1. The lowest BCUT2D eigenvalue weighted by Crippen LogP contribution is -2.18. The van der Waals surface area contributed by atoms with Crippen molar-refractivity contribution in [3.63, 3.8) is 0 Å². The summed E-state index contributed by atoms with van der Waals surface area (Å²) in [4.78, 5) is 16.2. The van der Waals surface area contributed by atoms with E-state index in [0.717, 1.165) is 41.8 Å². The number of benzene rings is 1. The average molecular weight is 536 g/mol. The maximum absolute atomic E-state index is 12.9. The van der Waals surface area contributed by atoms with Gasteiger partial charge in [0.2, 0.25) is 5.91 Å². The normalized spacial score (nSPS) is 13.0. The minimum atomic E-state index is -0.0709. The highest BCUT2D eigenvalue weighted by Crippen LogP contribution is 2.27. The summed E-state index contributed by atoms with van der Waals surface area (Å²) in [7, 11) is 1.92. The summed E-state index contributed by atoms with van der Waals surface area (Å²) in [6, 6.07) is 8.22. The van der Waals surface area contributed by atoms with E-state index in [9.17, 15) is 4.79 Å². The van der Waals surface area contributed by atoms with E-state index in [4.69, 9.17) is 0 Å². The zero-order valence-corrected chi connectivity index (χ0v) is 24.8. The molecule has 0 spiro atoms. The van der Waals surface area contributed by atoms with Crippen LogP contribution in [-0.2, 0) is 18.3 Å². The molecule has 0 aliphatic carbocycles. The Morgan fingerprint density at radius 2 is 1.87 bits per heavy atom. The number of nitrogens with one attached hydrogen (secondary N) is 2. The Morgan fingerprint density at radius 1 is 1.18 bits per heavy atom. The first-order valence-corrected chi connectivity index (χ1v) is 14.4. The molecule has 0 fully saturated rings. The van der Waals surface area contributed by atoms with E-state index in [1.807, 2.05) is 49.3 Å². The number of anilines is 1. The first-order valence-electron chi connectivity index (χ1n) is 13.4. The van der Waals surface area contributed by atoms with Crippen LogP contribution in [0.3, 0.4) is 0 Å². The molecule has 1 heterocycles. The Labute approximate surface area is 234 Å². The number of nitrogens with zero attached hydrogens (tertiary/aromatic N) is 3. The van der Waals surface area contributed by atoms with Gasteiger partial charge in [0, 0.05) is 42.2 Å². The van der Waals surface area contributed by atoms with Crippen molar-refractivity contribution in [2.75, 3.05) is 17.6 Å². The number of amides is 1. The van der Waals surface area contributed by atoms with Crippen LogP contribution in [0.4, 0.5) is 5.82 Å². The molecule has 0 saturated carbocycles. The first-order chi connectivity index (χ1) is 18.2. The highest BCUT2D eigenvalue weighted by atomic mass is 32.2. The van der Waals surface area contributed by atoms with Gasteiger partial charge in [-0.3, -0.25) is 10.2 Å². The van der Waals surface area contributed by atoms with Crippen molar-refractivity contribution < 1.29 is 4.79 Å². The molecule has 0 radical (unpaired) electrons. The number of thioether (sulfide) groups is 1. The van der Waals surface area contributed by atoms with Crippen molar-refractivity contribution in [1.29, 1.82) is 0 Å². The number of hydrogen-bond donors (Lipinski definition) is 2. The number of carbonyl (C=O) groups excluding carboxylic acids is 1. The SMILES string of the molecule is C=CN(/C=C\C(C)CC)CCSc1ccc(CC(=O)Nc2c(C(=C)N/N=C\C(C)CC)c(C)cn2C)cc1. The highest BCUT2D eigenvalue weighted by Gasteiger charge is 2.17. The van der Waals surface area contributed by atoms with Gasteiger partial charge in [0.1, 0.15) is 5.82 Å². The second-order valence-corrected chi connectivity index (χ2v) is 10.9. The molecule has 1 amide bonds. The number of aryl methyl sites for hydroxylation is 2. The summed E-state index contributed by atoms with van der Waals surface area (Å²) in [6.45, 7) is 19.6. The van der Waals surface area contributed by atoms with E-state index >= 15 is 0 Å². The number of rotatable bonds is 16. The zero-order valence-electron chi connectivity index (χ0n) is 24.0. The molecular formula is C31H45N5OS. The van der Waals surface area contributed by atoms with Crippen LogP contribution in [0.15, 0.2) is 72.1 Å². The molecule has 38 heavy (non-hydrogen) atoms. The van der Waals surface area contributed by atoms with Crippen molar-refractivity contribution in [2.24, 2.45) is 24.0 Å². The Bertz CT molecular complexity index is 1120. The Balaban J connectivity index is 1.93. The van der Waals surface area contributed by atoms with Gasteiger partial charge in [-0.05, 0) is 60.8 Å². The third-order valence-corrected chi connectivity index (χ3v) is 7.49. The summed E-state index contributed by atoms with van der Waals surface area (Å²) in [6.07, 6.45) is 12.5. The summed E-state index contributed by atoms with van der Waals surface area (Å²) in [5, 5.41) is 7.39. The monoisotopic (exact) mass is 535 g/mol. The molecule has 1 aromatic carbocycles. The third-order valence-electron chi connectivity index (χ3n) is 6.49. The van der Waals surface area contributed by atoms with Gasteiger partial charge in [0.25, 0.3) is 0 Å². The van der Waals surface area contributed by atoms with Gasteiger partial charge in [-0.2, -0.15) is 5.10 Å². The van der Waals surface area contributed by atoms with Crippen LogP contribution in [0, 0.1) is 18.8 Å². The molecule has 1 aromatic heterocycles. The molecule has 2 unspecified atom stereocenters. The number of hydrogen-bond acceptors (Lipinski definition) is 5. The van der Waals surface area contributed by atoms with Gasteiger partial charge in [0.15, 0.2) is 0 Å². The predicted octanol–water partition coefficient (Wildman–Crippen LogP) is 7.20. The summed E-state index contributed by atoms with van der Waals surface area (Å²) in [5.41, 5.74) is 6.54. The van der Waals surface area contributed by atoms with Gasteiger partial charge in [-0.15, -0.1) is 11.8 Å².